The molecule has 160 valence electrons. The second-order valence-electron chi connectivity index (χ2n) is 7.95. The van der Waals surface area contributed by atoms with Gasteiger partial charge in [-0.15, -0.1) is 0 Å². The molecule has 1 aliphatic carbocycles. The molecule has 0 saturated heterocycles. The van der Waals surface area contributed by atoms with Gasteiger partial charge in [0.2, 0.25) is 5.91 Å². The average molecular weight is 418 g/mol. The maximum atomic E-state index is 12.9. The molecule has 0 aliphatic heterocycles. The fourth-order valence-electron chi connectivity index (χ4n) is 4.26. The van der Waals surface area contributed by atoms with Crippen LogP contribution < -0.4 is 10.6 Å². The number of hydrogen-bond donors (Lipinski definition) is 2. The van der Waals surface area contributed by atoms with Crippen LogP contribution in [0.1, 0.15) is 37.3 Å². The molecule has 2 aromatic carbocycles. The standard InChI is InChI=1S/C25H27N3O3/c1-31-25(30)23(18-7-3-2-4-8-18)27-20-14-12-19(13-15-20)24(29)28-21-11-5-9-17-10-6-16-26-22(17)21/h2-11,16,19-20,23,27H,12-15H2,1H3,(H,28,29)/t19-,20+,23-/m0/s1. The van der Waals surface area contributed by atoms with Gasteiger partial charge in [0.1, 0.15) is 6.04 Å². The van der Waals surface area contributed by atoms with Gasteiger partial charge in [0.25, 0.3) is 0 Å². The number of hydrogen-bond acceptors (Lipinski definition) is 5. The SMILES string of the molecule is COC(=O)[C@@H](N[C@H]1CC[C@@H](C(=O)Nc2cccc3cccnc23)CC1)c1ccccc1. The highest BCUT2D eigenvalue weighted by molar-refractivity contribution is 6.01. The maximum absolute atomic E-state index is 12.9. The van der Waals surface area contributed by atoms with Gasteiger partial charge in [-0.25, -0.2) is 4.79 Å². The van der Waals surface area contributed by atoms with Crippen LogP contribution in [0.5, 0.6) is 0 Å². The first-order valence-electron chi connectivity index (χ1n) is 10.7. The van der Waals surface area contributed by atoms with Crippen molar-refractivity contribution < 1.29 is 14.3 Å². The molecule has 1 atom stereocenters. The number of carbonyl (C=O) groups excluding carboxylic acids is 2. The summed E-state index contributed by atoms with van der Waals surface area (Å²) in [6.07, 6.45) is 4.92. The van der Waals surface area contributed by atoms with Crippen LogP contribution in [0, 0.1) is 5.92 Å². The van der Waals surface area contributed by atoms with E-state index in [1.807, 2.05) is 60.7 Å². The molecule has 31 heavy (non-hydrogen) atoms. The summed E-state index contributed by atoms with van der Waals surface area (Å²) < 4.78 is 5.00. The number of amides is 1. The fraction of sp³-hybridized carbons (Fsp3) is 0.320. The molecule has 1 amide bonds. The predicted molar refractivity (Wildman–Crippen MR) is 120 cm³/mol. The second kappa shape index (κ2) is 9.71. The van der Waals surface area contributed by atoms with Crippen molar-refractivity contribution in [1.82, 2.24) is 10.3 Å². The molecule has 0 radical (unpaired) electrons. The number of ether oxygens (including phenoxy) is 1. The number of esters is 1. The van der Waals surface area contributed by atoms with Crippen molar-refractivity contribution in [2.45, 2.75) is 37.8 Å². The minimum Gasteiger partial charge on any atom is -0.468 e. The highest BCUT2D eigenvalue weighted by Crippen LogP contribution is 2.29. The summed E-state index contributed by atoms with van der Waals surface area (Å²) in [6.45, 7) is 0. The Balaban J connectivity index is 1.36. The molecule has 3 aromatic rings. The molecule has 1 aromatic heterocycles. The number of nitrogens with one attached hydrogen (secondary N) is 2. The molecule has 0 unspecified atom stereocenters. The molecule has 2 N–H and O–H groups in total. The number of carbonyl (C=O) groups is 2. The molecule has 1 saturated carbocycles. The van der Waals surface area contributed by atoms with E-state index in [1.54, 1.807) is 6.20 Å². The third-order valence-electron chi connectivity index (χ3n) is 5.96. The summed E-state index contributed by atoms with van der Waals surface area (Å²) in [7, 11) is 1.41. The third-order valence-corrected chi connectivity index (χ3v) is 5.96. The smallest absolute Gasteiger partial charge is 0.327 e. The highest BCUT2D eigenvalue weighted by Gasteiger charge is 2.30. The number of pyridine rings is 1. The van der Waals surface area contributed by atoms with Gasteiger partial charge in [0.15, 0.2) is 0 Å². The van der Waals surface area contributed by atoms with E-state index in [0.717, 1.165) is 47.8 Å². The first kappa shape index (κ1) is 21.0. The van der Waals surface area contributed by atoms with E-state index >= 15 is 0 Å². The number of aromatic nitrogens is 1. The highest BCUT2D eigenvalue weighted by atomic mass is 16.5. The Labute approximate surface area is 182 Å². The lowest BCUT2D eigenvalue weighted by Crippen LogP contribution is -2.41. The first-order valence-corrected chi connectivity index (χ1v) is 10.7. The molecule has 4 rings (SSSR count). The number of fused-ring (bicyclic) bond motifs is 1. The van der Waals surface area contributed by atoms with Crippen LogP contribution in [0.2, 0.25) is 0 Å². The molecule has 1 aliphatic rings. The van der Waals surface area contributed by atoms with E-state index in [0.29, 0.717) is 0 Å². The van der Waals surface area contributed by atoms with E-state index in [1.165, 1.54) is 7.11 Å². The lowest BCUT2D eigenvalue weighted by Gasteiger charge is -2.31. The van der Waals surface area contributed by atoms with Crippen LogP contribution in [0.15, 0.2) is 66.9 Å². The Morgan fingerprint density at radius 1 is 0.968 bits per heavy atom. The van der Waals surface area contributed by atoms with Crippen LogP contribution in [-0.2, 0) is 14.3 Å². The van der Waals surface area contributed by atoms with E-state index in [-0.39, 0.29) is 23.8 Å². The topological polar surface area (TPSA) is 80.3 Å². The number of para-hydroxylation sites is 1. The normalized spacial score (nSPS) is 19.5. The number of anilines is 1. The van der Waals surface area contributed by atoms with Crippen molar-refractivity contribution in [2.24, 2.45) is 5.92 Å². The largest absolute Gasteiger partial charge is 0.468 e. The van der Waals surface area contributed by atoms with Crippen molar-refractivity contribution in [3.05, 3.63) is 72.4 Å². The zero-order valence-electron chi connectivity index (χ0n) is 17.6. The van der Waals surface area contributed by atoms with Gasteiger partial charge >= 0.3 is 5.97 Å². The maximum Gasteiger partial charge on any atom is 0.327 e. The van der Waals surface area contributed by atoms with Crippen LogP contribution in [-0.4, -0.2) is 30.0 Å². The van der Waals surface area contributed by atoms with Crippen molar-refractivity contribution in [3.8, 4) is 0 Å². The van der Waals surface area contributed by atoms with Gasteiger partial charge in [-0.2, -0.15) is 0 Å². The van der Waals surface area contributed by atoms with Crippen molar-refractivity contribution in [3.63, 3.8) is 0 Å². The molecule has 1 fully saturated rings. The monoisotopic (exact) mass is 417 g/mol. The molecular formula is C25H27N3O3. The quantitative estimate of drug-likeness (QED) is 0.587. The minimum absolute atomic E-state index is 0.0316. The van der Waals surface area contributed by atoms with Gasteiger partial charge in [-0.3, -0.25) is 15.1 Å². The number of methoxy groups -OCH3 is 1. The first-order chi connectivity index (χ1) is 15.2. The molecule has 6 heteroatoms. The summed E-state index contributed by atoms with van der Waals surface area (Å²) in [5.41, 5.74) is 2.44. The van der Waals surface area contributed by atoms with Crippen LogP contribution >= 0.6 is 0 Å². The van der Waals surface area contributed by atoms with Gasteiger partial charge in [-0.1, -0.05) is 48.5 Å². The Morgan fingerprint density at radius 2 is 1.71 bits per heavy atom. The molecule has 0 bridgehead atoms. The van der Waals surface area contributed by atoms with Gasteiger partial charge < -0.3 is 10.1 Å². The summed E-state index contributed by atoms with van der Waals surface area (Å²) in [6, 6.07) is 18.9. The van der Waals surface area contributed by atoms with E-state index in [4.69, 9.17) is 4.74 Å². The summed E-state index contributed by atoms with van der Waals surface area (Å²) in [4.78, 5) is 29.6. The van der Waals surface area contributed by atoms with Crippen LogP contribution in [0.25, 0.3) is 10.9 Å². The average Bonchev–Trinajstić information content (AvgIpc) is 2.83. The zero-order chi connectivity index (χ0) is 21.6. The number of nitrogens with zero attached hydrogens (tertiary/aromatic N) is 1. The van der Waals surface area contributed by atoms with Crippen molar-refractivity contribution in [1.29, 1.82) is 0 Å². The fourth-order valence-corrected chi connectivity index (χ4v) is 4.26. The van der Waals surface area contributed by atoms with Crippen molar-refractivity contribution >= 4 is 28.5 Å². The summed E-state index contributed by atoms with van der Waals surface area (Å²) >= 11 is 0. The Kier molecular flexibility index (Phi) is 6.57. The zero-order valence-corrected chi connectivity index (χ0v) is 17.6. The Hall–Kier alpha value is -3.25. The second-order valence-corrected chi connectivity index (χ2v) is 7.95. The Bertz CT molecular complexity index is 1040. The lowest BCUT2D eigenvalue weighted by atomic mass is 9.85. The Morgan fingerprint density at radius 3 is 2.45 bits per heavy atom. The van der Waals surface area contributed by atoms with Gasteiger partial charge in [-0.05, 0) is 43.4 Å². The molecule has 0 spiro atoms. The van der Waals surface area contributed by atoms with Gasteiger partial charge in [0.05, 0.1) is 18.3 Å². The predicted octanol–water partition coefficient (Wildman–Crippen LogP) is 4.24. The van der Waals surface area contributed by atoms with Crippen molar-refractivity contribution in [2.75, 3.05) is 12.4 Å². The third kappa shape index (κ3) is 4.91. The number of rotatable bonds is 6. The lowest BCUT2D eigenvalue weighted by molar-refractivity contribution is -0.143. The number of benzene rings is 2. The van der Waals surface area contributed by atoms with Crippen LogP contribution in [0.3, 0.4) is 0 Å². The van der Waals surface area contributed by atoms with Gasteiger partial charge in [0, 0.05) is 23.5 Å². The van der Waals surface area contributed by atoms with E-state index in [9.17, 15) is 9.59 Å². The minimum atomic E-state index is -0.497. The molecular weight excluding hydrogens is 390 g/mol. The summed E-state index contributed by atoms with van der Waals surface area (Å²) in [5.74, 6) is -0.316. The van der Waals surface area contributed by atoms with Crippen LogP contribution in [0.4, 0.5) is 5.69 Å². The molecule has 1 heterocycles. The summed E-state index contributed by atoms with van der Waals surface area (Å²) in [5, 5.41) is 7.51. The molecule has 6 nitrogen and oxygen atoms in total. The van der Waals surface area contributed by atoms with E-state index in [2.05, 4.69) is 15.6 Å². The van der Waals surface area contributed by atoms with E-state index < -0.39 is 6.04 Å².